The van der Waals surface area contributed by atoms with Gasteiger partial charge in [0.1, 0.15) is 22.4 Å². The van der Waals surface area contributed by atoms with Gasteiger partial charge in [0.05, 0.1) is 24.5 Å². The van der Waals surface area contributed by atoms with Crippen LogP contribution < -0.4 is 5.32 Å². The molecule has 0 amide bonds. The van der Waals surface area contributed by atoms with Crippen molar-refractivity contribution in [3.8, 4) is 6.07 Å². The molecule has 6 rings (SSSR count). The summed E-state index contributed by atoms with van der Waals surface area (Å²) in [6.45, 7) is 4.97. The van der Waals surface area contributed by atoms with Gasteiger partial charge in [-0.2, -0.15) is 37.9 Å². The minimum Gasteiger partial charge on any atom is -0.367 e. The van der Waals surface area contributed by atoms with Crippen molar-refractivity contribution >= 4 is 38.3 Å². The number of anilines is 1. The third kappa shape index (κ3) is 5.75. The lowest BCUT2D eigenvalue weighted by atomic mass is 10.0. The average molecular weight is 583 g/mol. The topological polar surface area (TPSA) is 98.5 Å². The Labute approximate surface area is 236 Å². The number of piperidine rings is 1. The normalized spacial score (nSPS) is 15.1. The molecule has 0 saturated carbocycles. The lowest BCUT2D eigenvalue weighted by molar-refractivity contribution is -0.126. The molecule has 0 spiro atoms. The molecule has 4 aromatic heterocycles. The maximum atomic E-state index is 14.1. The molecule has 13 heteroatoms. The maximum Gasteiger partial charge on any atom is 0.393 e. The van der Waals surface area contributed by atoms with Crippen LogP contribution in [0.1, 0.15) is 40.1 Å². The Kier molecular flexibility index (Phi) is 7.13. The van der Waals surface area contributed by atoms with Crippen LogP contribution in [0.15, 0.2) is 36.7 Å². The third-order valence-electron chi connectivity index (χ3n) is 7.59. The van der Waals surface area contributed by atoms with Gasteiger partial charge in [-0.15, -0.1) is 11.3 Å². The van der Waals surface area contributed by atoms with E-state index in [4.69, 9.17) is 0 Å². The largest absolute Gasteiger partial charge is 0.393 e. The summed E-state index contributed by atoms with van der Waals surface area (Å²) in [5.41, 5.74) is 4.91. The van der Waals surface area contributed by atoms with Crippen LogP contribution in [-0.4, -0.2) is 54.9 Å². The van der Waals surface area contributed by atoms with E-state index in [-0.39, 0.29) is 21.6 Å². The summed E-state index contributed by atoms with van der Waals surface area (Å²) in [5.74, 6) is 0.241. The van der Waals surface area contributed by atoms with E-state index in [1.54, 1.807) is 6.20 Å². The second-order valence-corrected chi connectivity index (χ2v) is 11.5. The highest BCUT2D eigenvalue weighted by atomic mass is 32.1. The molecule has 0 atom stereocenters. The van der Waals surface area contributed by atoms with Gasteiger partial charge in [-0.3, -0.25) is 10.00 Å². The number of aromatic nitrogens is 5. The van der Waals surface area contributed by atoms with E-state index in [1.165, 1.54) is 11.6 Å². The van der Waals surface area contributed by atoms with Crippen molar-refractivity contribution in [1.29, 1.82) is 5.26 Å². The van der Waals surface area contributed by atoms with Crippen LogP contribution in [0.4, 0.5) is 23.4 Å². The number of alkyl halides is 3. The van der Waals surface area contributed by atoms with Crippen LogP contribution in [-0.2, 0) is 19.5 Å². The summed E-state index contributed by atoms with van der Waals surface area (Å²) in [5, 5.41) is 21.3. The number of H-pyrrole nitrogens is 1. The van der Waals surface area contributed by atoms with E-state index in [2.05, 4.69) is 55.5 Å². The molecule has 0 unspecified atom stereocenters. The summed E-state index contributed by atoms with van der Waals surface area (Å²) in [4.78, 5) is 10.2. The number of aromatic amines is 1. The van der Waals surface area contributed by atoms with Gasteiger partial charge in [0, 0.05) is 53.2 Å². The van der Waals surface area contributed by atoms with Crippen LogP contribution in [0.5, 0.6) is 0 Å². The molecule has 5 aromatic rings. The Morgan fingerprint density at radius 2 is 1.95 bits per heavy atom. The number of halogens is 4. The summed E-state index contributed by atoms with van der Waals surface area (Å²) in [7, 11) is 0. The molecule has 1 aliphatic rings. The summed E-state index contributed by atoms with van der Waals surface area (Å²) >= 11 is 0.840. The smallest absolute Gasteiger partial charge is 0.367 e. The van der Waals surface area contributed by atoms with Gasteiger partial charge in [-0.05, 0) is 49.1 Å². The molecule has 1 saturated heterocycles. The highest BCUT2D eigenvalue weighted by Gasteiger charge is 2.29. The van der Waals surface area contributed by atoms with Crippen LogP contribution >= 0.6 is 11.3 Å². The van der Waals surface area contributed by atoms with Gasteiger partial charge in [0.15, 0.2) is 0 Å². The Bertz CT molecular complexity index is 1740. The van der Waals surface area contributed by atoms with E-state index in [9.17, 15) is 22.8 Å². The van der Waals surface area contributed by atoms with Gasteiger partial charge in [0.2, 0.25) is 0 Å². The average Bonchev–Trinajstić information content (AvgIpc) is 3.65. The first kappa shape index (κ1) is 27.2. The third-order valence-corrected chi connectivity index (χ3v) is 8.62. The standard InChI is InChI=1S/C28H26F4N8S/c1-16-18(2-3-24-22(16)8-20(11-33)40(24)14-17-12-34-35-13-17)15-39-6-4-19(5-7-39)36-25-23-9-21(10-28(30,31)32)41-26(23)38-27(29)37-25/h2-3,8-9,12-13,19H,4-7,10,14-15H2,1H3,(H,34,35)(H,36,37,38). The molecule has 0 aliphatic carbocycles. The van der Waals surface area contributed by atoms with Gasteiger partial charge >= 0.3 is 12.3 Å². The van der Waals surface area contributed by atoms with Gasteiger partial charge in [-0.25, -0.2) is 0 Å². The molecule has 1 fully saturated rings. The zero-order chi connectivity index (χ0) is 28.7. The van der Waals surface area contributed by atoms with Gasteiger partial charge < -0.3 is 9.88 Å². The second kappa shape index (κ2) is 10.8. The Morgan fingerprint density at radius 3 is 2.66 bits per heavy atom. The summed E-state index contributed by atoms with van der Waals surface area (Å²) < 4.78 is 54.7. The molecule has 1 aliphatic heterocycles. The summed E-state index contributed by atoms with van der Waals surface area (Å²) in [6, 6.07) is 9.85. The second-order valence-electron chi connectivity index (χ2n) is 10.4. The van der Waals surface area contributed by atoms with E-state index >= 15 is 0 Å². The molecule has 8 nitrogen and oxygen atoms in total. The van der Waals surface area contributed by atoms with Crippen molar-refractivity contribution < 1.29 is 17.6 Å². The zero-order valence-corrected chi connectivity index (χ0v) is 22.9. The molecule has 5 heterocycles. The number of nitriles is 1. The lowest BCUT2D eigenvalue weighted by Crippen LogP contribution is -2.39. The first-order valence-corrected chi connectivity index (χ1v) is 14.0. The number of benzene rings is 1. The Morgan fingerprint density at radius 1 is 1.15 bits per heavy atom. The van der Waals surface area contributed by atoms with Crippen LogP contribution in [0.2, 0.25) is 0 Å². The van der Waals surface area contributed by atoms with E-state index in [0.717, 1.165) is 65.8 Å². The number of thiophene rings is 1. The molecule has 212 valence electrons. The van der Waals surface area contributed by atoms with Crippen LogP contribution in [0.3, 0.4) is 0 Å². The molecular weight excluding hydrogens is 556 g/mol. The van der Waals surface area contributed by atoms with Crippen molar-refractivity contribution in [2.24, 2.45) is 0 Å². The fraction of sp³-hybridized carbons (Fsp3) is 0.357. The van der Waals surface area contributed by atoms with Crippen molar-refractivity contribution in [3.63, 3.8) is 0 Å². The number of nitrogens with zero attached hydrogens (tertiary/aromatic N) is 6. The Hall–Kier alpha value is -4.02. The SMILES string of the molecule is Cc1c(CN2CCC(Nc3nc(F)nc4sc(CC(F)(F)F)cc34)CC2)ccc2c1cc(C#N)n2Cc1cn[nH]c1. The lowest BCUT2D eigenvalue weighted by Gasteiger charge is -2.33. The molecule has 0 bridgehead atoms. The monoisotopic (exact) mass is 582 g/mol. The molecule has 0 radical (unpaired) electrons. The fourth-order valence-electron chi connectivity index (χ4n) is 5.51. The predicted octanol–water partition coefficient (Wildman–Crippen LogP) is 5.92. The van der Waals surface area contributed by atoms with Gasteiger partial charge in [-0.1, -0.05) is 6.07 Å². The number of fused-ring (bicyclic) bond motifs is 2. The van der Waals surface area contributed by atoms with Crippen molar-refractivity contribution in [2.45, 2.75) is 51.5 Å². The molecule has 2 N–H and O–H groups in total. The van der Waals surface area contributed by atoms with Gasteiger partial charge in [0.25, 0.3) is 0 Å². The molecule has 1 aromatic carbocycles. The van der Waals surface area contributed by atoms with Crippen LogP contribution in [0.25, 0.3) is 21.1 Å². The molecule has 41 heavy (non-hydrogen) atoms. The highest BCUT2D eigenvalue weighted by molar-refractivity contribution is 7.18. The quantitative estimate of drug-likeness (QED) is 0.183. The van der Waals surface area contributed by atoms with E-state index < -0.39 is 18.7 Å². The minimum absolute atomic E-state index is 0.00781. The number of nitrogens with one attached hydrogen (secondary N) is 2. The predicted molar refractivity (Wildman–Crippen MR) is 148 cm³/mol. The first-order chi connectivity index (χ1) is 19.7. The van der Waals surface area contributed by atoms with Crippen LogP contribution in [0, 0.1) is 24.3 Å². The van der Waals surface area contributed by atoms with Crippen molar-refractivity contribution in [1.82, 2.24) is 29.6 Å². The highest BCUT2D eigenvalue weighted by Crippen LogP contribution is 2.34. The minimum atomic E-state index is -4.35. The Balaban J connectivity index is 1.13. The first-order valence-electron chi connectivity index (χ1n) is 13.2. The van der Waals surface area contributed by atoms with E-state index in [1.807, 2.05) is 16.8 Å². The van der Waals surface area contributed by atoms with Crippen molar-refractivity contribution in [3.05, 3.63) is 70.0 Å². The zero-order valence-electron chi connectivity index (χ0n) is 22.1. The number of rotatable bonds is 7. The summed E-state index contributed by atoms with van der Waals surface area (Å²) in [6.07, 6.45) is -1.27. The number of likely N-dealkylation sites (tertiary alicyclic amines) is 1. The fourth-order valence-corrected chi connectivity index (χ4v) is 6.56. The maximum absolute atomic E-state index is 14.1. The number of hydrogen-bond donors (Lipinski definition) is 2. The van der Waals surface area contributed by atoms with Crippen molar-refractivity contribution in [2.75, 3.05) is 18.4 Å². The number of aryl methyl sites for hydroxylation is 1. The van der Waals surface area contributed by atoms with E-state index in [0.29, 0.717) is 17.6 Å². The number of hydrogen-bond acceptors (Lipinski definition) is 7. The molecular formula is C28H26F4N8S.